The lowest BCUT2D eigenvalue weighted by Crippen LogP contribution is -2.37. The maximum atomic E-state index is 13.0. The third-order valence-corrected chi connectivity index (χ3v) is 8.62. The Bertz CT molecular complexity index is 519. The minimum Gasteiger partial charge on any atom is -0.296 e. The van der Waals surface area contributed by atoms with Crippen LogP contribution in [-0.2, 0) is 27.2 Å². The predicted octanol–water partition coefficient (Wildman–Crippen LogP) is 3.36. The van der Waals surface area contributed by atoms with Gasteiger partial charge in [0, 0.05) is 37.0 Å². The number of nitrogens with zero attached hydrogens (tertiary/aromatic N) is 2. The molecule has 3 heterocycles. The molecule has 0 spiro atoms. The van der Waals surface area contributed by atoms with E-state index in [1.165, 1.54) is 0 Å². The highest BCUT2D eigenvalue weighted by atomic mass is 31.2. The molecule has 0 aromatic heterocycles. The van der Waals surface area contributed by atoms with Gasteiger partial charge in [0.05, 0.1) is 26.4 Å². The Hall–Kier alpha value is 0.220. The van der Waals surface area contributed by atoms with Gasteiger partial charge in [0.2, 0.25) is 0 Å². The Morgan fingerprint density at radius 2 is 0.960 bits per heavy atom. The molecule has 8 nitrogen and oxygen atoms in total. The smallest absolute Gasteiger partial charge is 0.296 e. The zero-order chi connectivity index (χ0) is 18.3. The monoisotopic (exact) mass is 396 g/mol. The van der Waals surface area contributed by atoms with Gasteiger partial charge >= 0.3 is 15.5 Å². The van der Waals surface area contributed by atoms with Gasteiger partial charge in [-0.05, 0) is 6.42 Å². The summed E-state index contributed by atoms with van der Waals surface area (Å²) in [5.41, 5.74) is -0.264. The summed E-state index contributed by atoms with van der Waals surface area (Å²) < 4.78 is 52.0. The van der Waals surface area contributed by atoms with Crippen LogP contribution < -0.4 is 0 Å². The Morgan fingerprint density at radius 3 is 1.28 bits per heavy atom. The predicted molar refractivity (Wildman–Crippen MR) is 94.3 cm³/mol. The van der Waals surface area contributed by atoms with Gasteiger partial charge in [0.25, 0.3) is 0 Å². The van der Waals surface area contributed by atoms with Gasteiger partial charge in [-0.25, -0.2) is 18.5 Å². The molecular weight excluding hydrogens is 366 g/mol. The lowest BCUT2D eigenvalue weighted by Gasteiger charge is -2.39. The van der Waals surface area contributed by atoms with Crippen LogP contribution in [0.5, 0.6) is 0 Å². The molecule has 0 radical (unpaired) electrons. The third kappa shape index (κ3) is 4.56. The molecule has 3 fully saturated rings. The number of hydrogen-bond donors (Lipinski definition) is 0. The fourth-order valence-electron chi connectivity index (χ4n) is 2.89. The van der Waals surface area contributed by atoms with Gasteiger partial charge in [-0.3, -0.25) is 18.1 Å². The first-order valence-corrected chi connectivity index (χ1v) is 11.8. The lowest BCUT2D eigenvalue weighted by atomic mass is 9.97. The van der Waals surface area contributed by atoms with E-state index >= 15 is 0 Å². The third-order valence-electron chi connectivity index (χ3n) is 4.62. The molecule has 25 heavy (non-hydrogen) atoms. The molecule has 3 rings (SSSR count). The van der Waals surface area contributed by atoms with Crippen molar-refractivity contribution >= 4 is 15.5 Å². The fourth-order valence-corrected chi connectivity index (χ4v) is 7.18. The van der Waals surface area contributed by atoms with Crippen molar-refractivity contribution in [2.24, 2.45) is 10.8 Å². The highest BCUT2D eigenvalue weighted by Gasteiger charge is 2.45. The Morgan fingerprint density at radius 1 is 0.640 bits per heavy atom. The van der Waals surface area contributed by atoms with Crippen molar-refractivity contribution in [1.82, 2.24) is 9.34 Å². The summed E-state index contributed by atoms with van der Waals surface area (Å²) in [5.74, 6) is 0. The zero-order valence-corrected chi connectivity index (χ0v) is 17.4. The standard InChI is InChI=1S/C15H30N2O6P2/c1-14(2)10-20-24(18,21-11-14)16-6-5-7-17(9-8-16)25(19)22-12-15(3,4)13-23-25/h5-13H2,1-4H3. The van der Waals surface area contributed by atoms with Crippen LogP contribution in [0.4, 0.5) is 0 Å². The van der Waals surface area contributed by atoms with Crippen LogP contribution in [0.2, 0.25) is 0 Å². The van der Waals surface area contributed by atoms with Crippen LogP contribution in [0, 0.1) is 10.8 Å². The summed E-state index contributed by atoms with van der Waals surface area (Å²) in [7, 11) is -6.54. The van der Waals surface area contributed by atoms with Gasteiger partial charge in [0.1, 0.15) is 0 Å². The average Bonchev–Trinajstić information content (AvgIpc) is 2.81. The van der Waals surface area contributed by atoms with E-state index in [2.05, 4.69) is 0 Å². The molecule has 3 saturated heterocycles. The molecule has 0 amide bonds. The van der Waals surface area contributed by atoms with Crippen molar-refractivity contribution < 1.29 is 27.2 Å². The highest BCUT2D eigenvalue weighted by Crippen LogP contribution is 2.59. The van der Waals surface area contributed by atoms with Gasteiger partial charge < -0.3 is 0 Å². The Balaban J connectivity index is 1.61. The summed E-state index contributed by atoms with van der Waals surface area (Å²) >= 11 is 0. The van der Waals surface area contributed by atoms with E-state index in [1.807, 2.05) is 27.7 Å². The SMILES string of the molecule is CC1(C)COP(=O)(N2CCCN(P3(=O)OCC(C)(C)CO3)CC2)OC1. The van der Waals surface area contributed by atoms with Crippen LogP contribution in [0.1, 0.15) is 34.1 Å². The van der Waals surface area contributed by atoms with E-state index in [-0.39, 0.29) is 10.8 Å². The molecule has 0 unspecified atom stereocenters. The molecular formula is C15H30N2O6P2. The fraction of sp³-hybridized carbons (Fsp3) is 1.00. The van der Waals surface area contributed by atoms with Crippen LogP contribution in [0.25, 0.3) is 0 Å². The van der Waals surface area contributed by atoms with Gasteiger partial charge in [-0.15, -0.1) is 0 Å². The molecule has 10 heteroatoms. The zero-order valence-electron chi connectivity index (χ0n) is 15.6. The second kappa shape index (κ2) is 6.99. The first-order chi connectivity index (χ1) is 11.5. The maximum absolute atomic E-state index is 13.0. The molecule has 0 saturated carbocycles. The maximum Gasteiger partial charge on any atom is 0.408 e. The molecule has 3 aliphatic heterocycles. The molecule has 0 aromatic rings. The van der Waals surface area contributed by atoms with E-state index in [4.69, 9.17) is 18.1 Å². The summed E-state index contributed by atoms with van der Waals surface area (Å²) in [6, 6.07) is 0. The minimum atomic E-state index is -3.27. The first-order valence-electron chi connectivity index (χ1n) is 8.83. The van der Waals surface area contributed by atoms with Gasteiger partial charge in [-0.1, -0.05) is 27.7 Å². The summed E-state index contributed by atoms with van der Waals surface area (Å²) in [6.07, 6.45) is 0.695. The molecule has 146 valence electrons. The van der Waals surface area contributed by atoms with Crippen LogP contribution in [-0.4, -0.2) is 61.9 Å². The average molecular weight is 396 g/mol. The van der Waals surface area contributed by atoms with Crippen molar-refractivity contribution in [3.05, 3.63) is 0 Å². The van der Waals surface area contributed by atoms with E-state index in [0.29, 0.717) is 59.0 Å². The first kappa shape index (κ1) is 20.0. The van der Waals surface area contributed by atoms with Gasteiger partial charge in [0.15, 0.2) is 0 Å². The van der Waals surface area contributed by atoms with Crippen molar-refractivity contribution in [2.75, 3.05) is 52.6 Å². The molecule has 0 N–H and O–H groups in total. The summed E-state index contributed by atoms with van der Waals surface area (Å²) in [5, 5.41) is 0. The number of rotatable bonds is 2. The Labute approximate surface area is 150 Å². The van der Waals surface area contributed by atoms with Crippen molar-refractivity contribution in [2.45, 2.75) is 34.1 Å². The van der Waals surface area contributed by atoms with E-state index in [0.717, 1.165) is 0 Å². The summed E-state index contributed by atoms with van der Waals surface area (Å²) in [4.78, 5) is 0. The van der Waals surface area contributed by atoms with Crippen molar-refractivity contribution in [1.29, 1.82) is 0 Å². The van der Waals surface area contributed by atoms with E-state index < -0.39 is 15.5 Å². The van der Waals surface area contributed by atoms with E-state index in [1.54, 1.807) is 9.34 Å². The minimum absolute atomic E-state index is 0.132. The molecule has 0 atom stereocenters. The van der Waals surface area contributed by atoms with Crippen LogP contribution in [0.15, 0.2) is 0 Å². The molecule has 0 aromatic carbocycles. The molecule has 0 bridgehead atoms. The molecule has 0 aliphatic carbocycles. The van der Waals surface area contributed by atoms with E-state index in [9.17, 15) is 9.13 Å². The van der Waals surface area contributed by atoms with Gasteiger partial charge in [-0.2, -0.15) is 0 Å². The van der Waals surface area contributed by atoms with Crippen LogP contribution >= 0.6 is 15.5 Å². The normalized spacial score (nSPS) is 32.8. The quantitative estimate of drug-likeness (QED) is 0.658. The second-order valence-electron chi connectivity index (χ2n) is 8.62. The van der Waals surface area contributed by atoms with Crippen molar-refractivity contribution in [3.63, 3.8) is 0 Å². The van der Waals surface area contributed by atoms with Crippen molar-refractivity contribution in [3.8, 4) is 0 Å². The largest absolute Gasteiger partial charge is 0.408 e. The highest BCUT2D eigenvalue weighted by molar-refractivity contribution is 7.51. The second-order valence-corrected chi connectivity index (χ2v) is 12.7. The Kier molecular flexibility index (Phi) is 5.58. The molecule has 3 aliphatic rings. The van der Waals surface area contributed by atoms with Crippen LogP contribution in [0.3, 0.4) is 0 Å². The summed E-state index contributed by atoms with van der Waals surface area (Å²) in [6.45, 7) is 11.7. The number of hydrogen-bond acceptors (Lipinski definition) is 6. The lowest BCUT2D eigenvalue weighted by molar-refractivity contribution is 0.0183. The topological polar surface area (TPSA) is 77.5 Å².